The van der Waals surface area contributed by atoms with E-state index in [9.17, 15) is 18.0 Å². The second kappa shape index (κ2) is 6.39. The van der Waals surface area contributed by atoms with Gasteiger partial charge in [-0.15, -0.1) is 0 Å². The molecule has 3 nitrogen and oxygen atoms in total. The summed E-state index contributed by atoms with van der Waals surface area (Å²) in [5.41, 5.74) is 1.56. The summed E-state index contributed by atoms with van der Waals surface area (Å²) >= 11 is 0. The Labute approximate surface area is 152 Å². The van der Waals surface area contributed by atoms with Crippen LogP contribution >= 0.6 is 0 Å². The van der Waals surface area contributed by atoms with E-state index >= 15 is 0 Å². The van der Waals surface area contributed by atoms with Crippen LogP contribution in [0.1, 0.15) is 5.56 Å². The van der Waals surface area contributed by atoms with E-state index in [2.05, 4.69) is 4.98 Å². The predicted octanol–water partition coefficient (Wildman–Crippen LogP) is 5.07. The van der Waals surface area contributed by atoms with Crippen LogP contribution < -0.4 is 5.56 Å². The zero-order chi connectivity index (χ0) is 19.0. The largest absolute Gasteiger partial charge is 0.416 e. The minimum Gasteiger partial charge on any atom is -0.284 e. The van der Waals surface area contributed by atoms with E-state index in [1.807, 2.05) is 30.3 Å². The van der Waals surface area contributed by atoms with Gasteiger partial charge in [-0.25, -0.2) is 0 Å². The van der Waals surface area contributed by atoms with Gasteiger partial charge >= 0.3 is 6.18 Å². The standard InChI is InChI=1S/C21H13F3N2O/c22-21(23,24)17-6-3-14(4-7-17)16-9-11-26(20(27)12-16)18-8-5-15-2-1-10-25-19(15)13-18/h1-13H. The van der Waals surface area contributed by atoms with Crippen molar-refractivity contribution in [3.63, 3.8) is 0 Å². The summed E-state index contributed by atoms with van der Waals surface area (Å²) in [6.07, 6.45) is -1.09. The molecular weight excluding hydrogens is 353 g/mol. The third kappa shape index (κ3) is 3.33. The summed E-state index contributed by atoms with van der Waals surface area (Å²) in [5.74, 6) is 0. The molecule has 134 valence electrons. The molecule has 27 heavy (non-hydrogen) atoms. The highest BCUT2D eigenvalue weighted by molar-refractivity contribution is 5.80. The highest BCUT2D eigenvalue weighted by Crippen LogP contribution is 2.30. The van der Waals surface area contributed by atoms with Crippen LogP contribution in [0.3, 0.4) is 0 Å². The van der Waals surface area contributed by atoms with Crippen LogP contribution in [0.5, 0.6) is 0 Å². The van der Waals surface area contributed by atoms with Crippen LogP contribution in [0.2, 0.25) is 0 Å². The molecule has 0 aliphatic carbocycles. The zero-order valence-electron chi connectivity index (χ0n) is 13.9. The van der Waals surface area contributed by atoms with Crippen molar-refractivity contribution in [3.05, 3.63) is 95.0 Å². The van der Waals surface area contributed by atoms with Crippen molar-refractivity contribution in [1.29, 1.82) is 0 Å². The van der Waals surface area contributed by atoms with Crippen molar-refractivity contribution in [3.8, 4) is 16.8 Å². The summed E-state index contributed by atoms with van der Waals surface area (Å²) in [6.45, 7) is 0. The first-order valence-corrected chi connectivity index (χ1v) is 8.17. The Bertz CT molecular complexity index is 1180. The van der Waals surface area contributed by atoms with Crippen LogP contribution in [0, 0.1) is 0 Å². The average Bonchev–Trinajstić information content (AvgIpc) is 2.67. The van der Waals surface area contributed by atoms with E-state index in [4.69, 9.17) is 0 Å². The average molecular weight is 366 g/mol. The Balaban J connectivity index is 1.71. The van der Waals surface area contributed by atoms with E-state index in [1.54, 1.807) is 18.5 Å². The van der Waals surface area contributed by atoms with Crippen LogP contribution in [-0.4, -0.2) is 9.55 Å². The molecule has 0 aliphatic rings. The minimum absolute atomic E-state index is 0.275. The van der Waals surface area contributed by atoms with E-state index < -0.39 is 11.7 Å². The highest BCUT2D eigenvalue weighted by atomic mass is 19.4. The molecule has 4 rings (SSSR count). The molecule has 0 spiro atoms. The van der Waals surface area contributed by atoms with Gasteiger partial charge in [-0.2, -0.15) is 13.2 Å². The number of aromatic nitrogens is 2. The van der Waals surface area contributed by atoms with E-state index in [0.29, 0.717) is 16.8 Å². The minimum atomic E-state index is -4.38. The molecule has 0 saturated heterocycles. The topological polar surface area (TPSA) is 34.9 Å². The van der Waals surface area contributed by atoms with Gasteiger partial charge in [0.05, 0.1) is 16.8 Å². The zero-order valence-corrected chi connectivity index (χ0v) is 13.9. The summed E-state index contributed by atoms with van der Waals surface area (Å²) in [4.78, 5) is 16.8. The number of hydrogen-bond acceptors (Lipinski definition) is 2. The van der Waals surface area contributed by atoms with Crippen LogP contribution in [-0.2, 0) is 6.18 Å². The molecule has 2 heterocycles. The van der Waals surface area contributed by atoms with Gasteiger partial charge in [-0.3, -0.25) is 14.3 Å². The first-order valence-electron chi connectivity index (χ1n) is 8.17. The number of rotatable bonds is 2. The van der Waals surface area contributed by atoms with E-state index in [0.717, 1.165) is 23.0 Å². The lowest BCUT2D eigenvalue weighted by molar-refractivity contribution is -0.137. The van der Waals surface area contributed by atoms with Crippen molar-refractivity contribution >= 4 is 10.9 Å². The summed E-state index contributed by atoms with van der Waals surface area (Å²) < 4.78 is 39.5. The van der Waals surface area contributed by atoms with Gasteiger partial charge in [0.1, 0.15) is 0 Å². The fourth-order valence-corrected chi connectivity index (χ4v) is 2.93. The van der Waals surface area contributed by atoms with Gasteiger partial charge in [0, 0.05) is 23.8 Å². The number of alkyl halides is 3. The second-order valence-corrected chi connectivity index (χ2v) is 6.08. The third-order valence-electron chi connectivity index (χ3n) is 4.33. The molecule has 0 bridgehead atoms. The molecular formula is C21H13F3N2O. The molecule has 0 aliphatic heterocycles. The number of fused-ring (bicyclic) bond motifs is 1. The summed E-state index contributed by atoms with van der Waals surface area (Å²) in [6, 6.07) is 17.1. The molecule has 0 amide bonds. The maximum absolute atomic E-state index is 12.7. The van der Waals surface area contributed by atoms with E-state index in [1.165, 1.54) is 22.8 Å². The second-order valence-electron chi connectivity index (χ2n) is 6.08. The lowest BCUT2D eigenvalue weighted by Crippen LogP contribution is -2.16. The van der Waals surface area contributed by atoms with Gasteiger partial charge in [-0.1, -0.05) is 24.3 Å². The maximum atomic E-state index is 12.7. The highest BCUT2D eigenvalue weighted by Gasteiger charge is 2.29. The Hall–Kier alpha value is -3.41. The molecule has 0 unspecified atom stereocenters. The number of pyridine rings is 2. The molecule has 4 aromatic rings. The van der Waals surface area contributed by atoms with Crippen LogP contribution in [0.15, 0.2) is 83.9 Å². The normalized spacial score (nSPS) is 11.7. The maximum Gasteiger partial charge on any atom is 0.416 e. The molecule has 2 aromatic heterocycles. The monoisotopic (exact) mass is 366 g/mol. The number of halogens is 3. The first-order chi connectivity index (χ1) is 12.9. The molecule has 0 atom stereocenters. The molecule has 0 radical (unpaired) electrons. The quantitative estimate of drug-likeness (QED) is 0.496. The molecule has 6 heteroatoms. The first kappa shape index (κ1) is 17.0. The fraction of sp³-hybridized carbons (Fsp3) is 0.0476. The number of hydrogen-bond donors (Lipinski definition) is 0. The number of benzene rings is 2. The summed E-state index contributed by atoms with van der Waals surface area (Å²) in [7, 11) is 0. The fourth-order valence-electron chi connectivity index (χ4n) is 2.93. The molecule has 2 aromatic carbocycles. The Morgan fingerprint density at radius 3 is 2.33 bits per heavy atom. The van der Waals surface area contributed by atoms with Crippen molar-refractivity contribution in [2.24, 2.45) is 0 Å². The van der Waals surface area contributed by atoms with Crippen molar-refractivity contribution in [2.45, 2.75) is 6.18 Å². The van der Waals surface area contributed by atoms with Gasteiger partial charge in [-0.05, 0) is 47.5 Å². The van der Waals surface area contributed by atoms with Gasteiger partial charge in [0.25, 0.3) is 5.56 Å². The Morgan fingerprint density at radius 1 is 0.852 bits per heavy atom. The van der Waals surface area contributed by atoms with Gasteiger partial charge < -0.3 is 0 Å². The Kier molecular flexibility index (Phi) is 4.03. The predicted molar refractivity (Wildman–Crippen MR) is 97.8 cm³/mol. The van der Waals surface area contributed by atoms with Crippen LogP contribution in [0.25, 0.3) is 27.7 Å². The van der Waals surface area contributed by atoms with Crippen molar-refractivity contribution in [2.75, 3.05) is 0 Å². The number of nitrogens with zero attached hydrogens (tertiary/aromatic N) is 2. The SMILES string of the molecule is O=c1cc(-c2ccc(C(F)(F)F)cc2)ccn1-c1ccc2cccnc2c1. The summed E-state index contributed by atoms with van der Waals surface area (Å²) in [5, 5.41) is 0.968. The van der Waals surface area contributed by atoms with Crippen molar-refractivity contribution in [1.82, 2.24) is 9.55 Å². The van der Waals surface area contributed by atoms with Crippen molar-refractivity contribution < 1.29 is 13.2 Å². The molecule has 0 fully saturated rings. The van der Waals surface area contributed by atoms with E-state index in [-0.39, 0.29) is 5.56 Å². The molecule has 0 N–H and O–H groups in total. The lowest BCUT2D eigenvalue weighted by Gasteiger charge is -2.10. The Morgan fingerprint density at radius 2 is 1.63 bits per heavy atom. The van der Waals surface area contributed by atoms with Crippen LogP contribution in [0.4, 0.5) is 13.2 Å². The van der Waals surface area contributed by atoms with Gasteiger partial charge in [0.2, 0.25) is 0 Å². The molecule has 0 saturated carbocycles. The van der Waals surface area contributed by atoms with Gasteiger partial charge in [0.15, 0.2) is 0 Å². The third-order valence-corrected chi connectivity index (χ3v) is 4.33. The lowest BCUT2D eigenvalue weighted by atomic mass is 10.0. The smallest absolute Gasteiger partial charge is 0.284 e.